The SMILES string of the molecule is C[C@H](N)C(=O)O.O=C(O)CCC(=O)C(=O)O. The van der Waals surface area contributed by atoms with Gasteiger partial charge in [0.2, 0.25) is 5.78 Å². The van der Waals surface area contributed by atoms with E-state index in [1.54, 1.807) is 0 Å². The highest BCUT2D eigenvalue weighted by molar-refractivity contribution is 6.32. The molecule has 92 valence electrons. The summed E-state index contributed by atoms with van der Waals surface area (Å²) in [5, 5.41) is 23.8. The largest absolute Gasteiger partial charge is 0.481 e. The Bertz CT molecular complexity index is 284. The van der Waals surface area contributed by atoms with Gasteiger partial charge in [0.05, 0.1) is 6.42 Å². The minimum Gasteiger partial charge on any atom is -0.481 e. The van der Waals surface area contributed by atoms with E-state index in [9.17, 15) is 19.2 Å². The van der Waals surface area contributed by atoms with Crippen molar-refractivity contribution in [3.8, 4) is 0 Å². The summed E-state index contributed by atoms with van der Waals surface area (Å²) in [5.74, 6) is -4.78. The van der Waals surface area contributed by atoms with Gasteiger partial charge in [-0.2, -0.15) is 0 Å². The number of aliphatic carboxylic acids is 3. The number of hydrogen-bond donors (Lipinski definition) is 4. The van der Waals surface area contributed by atoms with E-state index >= 15 is 0 Å². The molecule has 0 bridgehead atoms. The van der Waals surface area contributed by atoms with E-state index in [0.717, 1.165) is 0 Å². The fourth-order valence-electron chi connectivity index (χ4n) is 0.327. The summed E-state index contributed by atoms with van der Waals surface area (Å²) in [6.45, 7) is 1.42. The fourth-order valence-corrected chi connectivity index (χ4v) is 0.327. The zero-order chi connectivity index (χ0) is 13.3. The van der Waals surface area contributed by atoms with Crippen LogP contribution in [0.2, 0.25) is 0 Å². The van der Waals surface area contributed by atoms with Crippen LogP contribution in [0.3, 0.4) is 0 Å². The summed E-state index contributed by atoms with van der Waals surface area (Å²) in [4.78, 5) is 39.3. The van der Waals surface area contributed by atoms with Gasteiger partial charge in [0.25, 0.3) is 0 Å². The van der Waals surface area contributed by atoms with Crippen LogP contribution in [-0.2, 0) is 19.2 Å². The van der Waals surface area contributed by atoms with Gasteiger partial charge >= 0.3 is 17.9 Å². The van der Waals surface area contributed by atoms with Gasteiger partial charge in [-0.25, -0.2) is 4.79 Å². The molecule has 0 aliphatic rings. The van der Waals surface area contributed by atoms with Crippen LogP contribution < -0.4 is 5.73 Å². The van der Waals surface area contributed by atoms with Crippen LogP contribution in [0.1, 0.15) is 19.8 Å². The summed E-state index contributed by atoms with van der Waals surface area (Å²) in [5.41, 5.74) is 4.84. The topological polar surface area (TPSA) is 155 Å². The Hall–Kier alpha value is -1.96. The monoisotopic (exact) mass is 235 g/mol. The lowest BCUT2D eigenvalue weighted by Gasteiger charge is -1.90. The minimum absolute atomic E-state index is 0.425. The molecular weight excluding hydrogens is 222 g/mol. The molecule has 0 aliphatic heterocycles. The molecule has 0 amide bonds. The van der Waals surface area contributed by atoms with Crippen molar-refractivity contribution in [2.75, 3.05) is 0 Å². The molecule has 0 spiro atoms. The number of rotatable bonds is 5. The molecule has 0 unspecified atom stereocenters. The van der Waals surface area contributed by atoms with Crippen LogP contribution in [0.25, 0.3) is 0 Å². The Morgan fingerprint density at radius 3 is 1.62 bits per heavy atom. The Kier molecular flexibility index (Phi) is 8.60. The Morgan fingerprint density at radius 1 is 1.06 bits per heavy atom. The lowest BCUT2D eigenvalue weighted by molar-refractivity contribution is -0.149. The van der Waals surface area contributed by atoms with Gasteiger partial charge in [-0.1, -0.05) is 0 Å². The molecule has 0 saturated heterocycles. The predicted octanol–water partition coefficient (Wildman–Crippen LogP) is -1.08. The first-order chi connectivity index (χ1) is 7.18. The summed E-state index contributed by atoms with van der Waals surface area (Å²) in [6.07, 6.45) is -0.865. The number of carboxylic acids is 3. The maximum Gasteiger partial charge on any atom is 0.372 e. The van der Waals surface area contributed by atoms with Crippen molar-refractivity contribution >= 4 is 23.7 Å². The van der Waals surface area contributed by atoms with E-state index in [1.807, 2.05) is 0 Å². The molecule has 5 N–H and O–H groups in total. The van der Waals surface area contributed by atoms with Gasteiger partial charge in [0, 0.05) is 6.42 Å². The summed E-state index contributed by atoms with van der Waals surface area (Å²) in [6, 6.07) is -0.731. The van der Waals surface area contributed by atoms with E-state index in [4.69, 9.17) is 21.1 Å². The highest BCUT2D eigenvalue weighted by Crippen LogP contribution is 1.89. The van der Waals surface area contributed by atoms with Crippen molar-refractivity contribution in [3.05, 3.63) is 0 Å². The highest BCUT2D eigenvalue weighted by Gasteiger charge is 2.12. The van der Waals surface area contributed by atoms with Gasteiger partial charge in [0.1, 0.15) is 6.04 Å². The summed E-state index contributed by atoms with van der Waals surface area (Å²) in [7, 11) is 0. The van der Waals surface area contributed by atoms with E-state index in [-0.39, 0.29) is 0 Å². The zero-order valence-electron chi connectivity index (χ0n) is 8.54. The third kappa shape index (κ3) is 12.0. The number of carboxylic acid groups (broad SMARTS) is 3. The average Bonchev–Trinajstić information content (AvgIpc) is 2.14. The normalized spacial score (nSPS) is 10.6. The first kappa shape index (κ1) is 16.5. The van der Waals surface area contributed by atoms with Crippen LogP contribution in [-0.4, -0.2) is 45.1 Å². The molecule has 0 aliphatic carbocycles. The van der Waals surface area contributed by atoms with Crippen molar-refractivity contribution in [1.29, 1.82) is 0 Å². The number of hydrogen-bond acceptors (Lipinski definition) is 5. The Morgan fingerprint density at radius 2 is 1.44 bits per heavy atom. The number of carbonyl (C=O) groups is 4. The lowest BCUT2D eigenvalue weighted by atomic mass is 10.2. The first-order valence-corrected chi connectivity index (χ1v) is 4.14. The molecule has 0 aromatic carbocycles. The molecule has 8 heteroatoms. The first-order valence-electron chi connectivity index (χ1n) is 4.14. The molecule has 0 aromatic heterocycles. The lowest BCUT2D eigenvalue weighted by Crippen LogP contribution is -2.25. The third-order valence-electron chi connectivity index (χ3n) is 1.19. The van der Waals surface area contributed by atoms with Crippen LogP contribution in [0.15, 0.2) is 0 Å². The van der Waals surface area contributed by atoms with Crippen LogP contribution >= 0.6 is 0 Å². The third-order valence-corrected chi connectivity index (χ3v) is 1.19. The van der Waals surface area contributed by atoms with Crippen molar-refractivity contribution in [1.82, 2.24) is 0 Å². The smallest absolute Gasteiger partial charge is 0.372 e. The molecule has 8 nitrogen and oxygen atoms in total. The summed E-state index contributed by atoms with van der Waals surface area (Å²) >= 11 is 0. The molecule has 0 saturated carbocycles. The standard InChI is InChI=1S/C5H6O5.C3H7NO2/c6-3(5(9)10)1-2-4(7)8;1-2(4)3(5)6/h1-2H2,(H,7,8)(H,9,10);2H,4H2,1H3,(H,5,6)/t;2-/m.0/s1. The maximum absolute atomic E-state index is 10.2. The van der Waals surface area contributed by atoms with E-state index in [2.05, 4.69) is 0 Å². The number of Topliss-reactive ketones (excluding diaryl/α,β-unsaturated/α-hetero) is 1. The van der Waals surface area contributed by atoms with Gasteiger partial charge in [-0.05, 0) is 6.92 Å². The van der Waals surface area contributed by atoms with E-state index in [0.29, 0.717) is 0 Å². The van der Waals surface area contributed by atoms with Crippen molar-refractivity contribution < 1.29 is 34.5 Å². The van der Waals surface area contributed by atoms with Gasteiger partial charge in [0.15, 0.2) is 0 Å². The molecule has 0 radical (unpaired) electrons. The van der Waals surface area contributed by atoms with Crippen LogP contribution in [0.5, 0.6) is 0 Å². The summed E-state index contributed by atoms with van der Waals surface area (Å²) < 4.78 is 0. The molecule has 1 atom stereocenters. The Labute approximate surface area is 90.7 Å². The molecule has 0 heterocycles. The molecule has 0 fully saturated rings. The van der Waals surface area contributed by atoms with Crippen molar-refractivity contribution in [2.45, 2.75) is 25.8 Å². The second-order valence-corrected chi connectivity index (χ2v) is 2.75. The minimum atomic E-state index is -1.58. The number of carbonyl (C=O) groups excluding carboxylic acids is 1. The molecule has 0 aromatic rings. The van der Waals surface area contributed by atoms with Crippen LogP contribution in [0.4, 0.5) is 0 Å². The van der Waals surface area contributed by atoms with Gasteiger partial charge in [-0.3, -0.25) is 14.4 Å². The molecule has 16 heavy (non-hydrogen) atoms. The quantitative estimate of drug-likeness (QED) is 0.438. The van der Waals surface area contributed by atoms with Gasteiger partial charge in [-0.15, -0.1) is 0 Å². The highest BCUT2D eigenvalue weighted by atomic mass is 16.4. The number of ketones is 1. The predicted molar refractivity (Wildman–Crippen MR) is 50.8 cm³/mol. The molecule has 0 rings (SSSR count). The average molecular weight is 235 g/mol. The Balaban J connectivity index is 0. The molecular formula is C8H13NO7. The van der Waals surface area contributed by atoms with Crippen molar-refractivity contribution in [3.63, 3.8) is 0 Å². The second-order valence-electron chi connectivity index (χ2n) is 2.75. The van der Waals surface area contributed by atoms with E-state index in [1.165, 1.54) is 6.92 Å². The maximum atomic E-state index is 10.2. The fraction of sp³-hybridized carbons (Fsp3) is 0.500. The number of nitrogens with two attached hydrogens (primary N) is 1. The van der Waals surface area contributed by atoms with Gasteiger partial charge < -0.3 is 21.1 Å². The second kappa shape index (κ2) is 8.36. The van der Waals surface area contributed by atoms with Crippen molar-refractivity contribution in [2.24, 2.45) is 5.73 Å². The van der Waals surface area contributed by atoms with E-state index < -0.39 is 42.6 Å². The van der Waals surface area contributed by atoms with Crippen LogP contribution in [0, 0.1) is 0 Å². The zero-order valence-corrected chi connectivity index (χ0v) is 8.54.